The predicted octanol–water partition coefficient (Wildman–Crippen LogP) is 8.26. The minimum Gasteiger partial charge on any atom is -0.485 e. The third-order valence-electron chi connectivity index (χ3n) is 13.4. The van der Waals surface area contributed by atoms with Gasteiger partial charge in [-0.25, -0.2) is 9.97 Å². The van der Waals surface area contributed by atoms with Gasteiger partial charge in [-0.1, -0.05) is 31.7 Å². The zero-order valence-electron chi connectivity index (χ0n) is 38.6. The van der Waals surface area contributed by atoms with Crippen molar-refractivity contribution in [3.8, 4) is 5.75 Å². The standard InChI is InChI=1S/C52H61N7O9/c60-37(32-68-45-13-9-11-38-49(45)52(66)59(51(38)65)42-21-23-48(63)58-50(42)64)10-5-1-3-7-26-67-27-8-4-2-6-12-43(61)34-16-14-33(15-17-34)28-44(62)39-31-54-47(29-41(39)55-36-19-20-36)57-46-22-18-35-30-53-25-24-40(35)56-46/h9,11,13,18,22,24-25,29-31,33-34,36,42H,1-8,10,12,14-17,19-21,23,26-28,32H2,(H,58,63,64)(H2,54,55,56,57). The number of Topliss-reactive ketones (excluding diaryl/α,β-unsaturated/α-hetero) is 3. The topological polar surface area (TPSA) is 216 Å². The van der Waals surface area contributed by atoms with Crippen LogP contribution < -0.4 is 20.7 Å². The summed E-state index contributed by atoms with van der Waals surface area (Å²) in [7, 11) is 0. The van der Waals surface area contributed by atoms with E-state index in [2.05, 4.69) is 30.9 Å². The minimum atomic E-state index is -1.08. The molecule has 1 saturated heterocycles. The molecule has 8 rings (SSSR count). The molecule has 3 fully saturated rings. The van der Waals surface area contributed by atoms with Crippen LogP contribution in [0.5, 0.6) is 5.75 Å². The van der Waals surface area contributed by atoms with E-state index >= 15 is 0 Å². The van der Waals surface area contributed by atoms with Crippen molar-refractivity contribution < 1.29 is 43.0 Å². The van der Waals surface area contributed by atoms with E-state index in [1.807, 2.05) is 24.3 Å². The van der Waals surface area contributed by atoms with Gasteiger partial charge in [0.25, 0.3) is 11.8 Å². The van der Waals surface area contributed by atoms with Crippen LogP contribution in [0, 0.1) is 11.8 Å². The number of unbranched alkanes of at least 4 members (excludes halogenated alkanes) is 6. The van der Waals surface area contributed by atoms with E-state index in [1.165, 1.54) is 12.1 Å². The zero-order chi connectivity index (χ0) is 47.4. The molecular weight excluding hydrogens is 867 g/mol. The summed E-state index contributed by atoms with van der Waals surface area (Å²) < 4.78 is 11.5. The highest BCUT2D eigenvalue weighted by Crippen LogP contribution is 2.36. The lowest BCUT2D eigenvalue weighted by molar-refractivity contribution is -0.136. The van der Waals surface area contributed by atoms with Gasteiger partial charge in [-0.3, -0.25) is 48.8 Å². The lowest BCUT2D eigenvalue weighted by atomic mass is 9.77. The number of anilines is 3. The number of rotatable bonds is 26. The molecule has 2 aliphatic heterocycles. The molecule has 1 atom stereocenters. The number of nitrogens with one attached hydrogen (secondary N) is 3. The fraction of sp³-hybridized carbons (Fsp3) is 0.500. The molecule has 16 heteroatoms. The van der Waals surface area contributed by atoms with Crippen LogP contribution in [0.25, 0.3) is 10.9 Å². The number of aromatic nitrogens is 3. The van der Waals surface area contributed by atoms with Crippen molar-refractivity contribution in [3.05, 3.63) is 77.7 Å². The SMILES string of the molecule is O=C(CCCCCCOCCCCCCC(=O)C1CCC(CC(=O)c2cnc(Nc3ccc4cnccc4n3)cc2NC2CC2)CC1)COc1cccc2c1C(=O)N(C1CCC(=O)NC1=O)C2=O. The number of carbonyl (C=O) groups is 7. The molecule has 358 valence electrons. The van der Waals surface area contributed by atoms with Gasteiger partial charge in [-0.05, 0) is 107 Å². The number of hydrogen-bond donors (Lipinski definition) is 3. The highest BCUT2D eigenvalue weighted by atomic mass is 16.5. The zero-order valence-corrected chi connectivity index (χ0v) is 38.6. The number of hydrogen-bond acceptors (Lipinski definition) is 14. The second kappa shape index (κ2) is 23.1. The van der Waals surface area contributed by atoms with Crippen LogP contribution in [-0.2, 0) is 23.9 Å². The van der Waals surface area contributed by atoms with Crippen molar-refractivity contribution in [2.45, 2.75) is 134 Å². The maximum absolute atomic E-state index is 13.6. The quantitative estimate of drug-likeness (QED) is 0.0307. The predicted molar refractivity (Wildman–Crippen MR) is 254 cm³/mol. The third-order valence-corrected chi connectivity index (χ3v) is 13.4. The van der Waals surface area contributed by atoms with E-state index in [0.29, 0.717) is 67.9 Å². The highest BCUT2D eigenvalue weighted by Gasteiger charge is 2.46. The Balaban J connectivity index is 0.637. The summed E-state index contributed by atoms with van der Waals surface area (Å²) in [5.41, 5.74) is 2.39. The Kier molecular flexibility index (Phi) is 16.3. The average Bonchev–Trinajstić information content (AvgIpc) is 4.12. The van der Waals surface area contributed by atoms with E-state index in [-0.39, 0.29) is 59.7 Å². The summed E-state index contributed by atoms with van der Waals surface area (Å²) in [5.74, 6) is -0.338. The second-order valence-electron chi connectivity index (χ2n) is 18.6. The van der Waals surface area contributed by atoms with Crippen molar-refractivity contribution in [2.75, 3.05) is 30.5 Å². The Morgan fingerprint density at radius 2 is 1.54 bits per heavy atom. The van der Waals surface area contributed by atoms with Gasteiger partial charge in [-0.2, -0.15) is 0 Å². The van der Waals surface area contributed by atoms with E-state index in [1.54, 1.807) is 24.7 Å². The molecule has 16 nitrogen and oxygen atoms in total. The molecule has 3 N–H and O–H groups in total. The highest BCUT2D eigenvalue weighted by molar-refractivity contribution is 6.24. The Bertz CT molecular complexity index is 2520. The number of ether oxygens (including phenoxy) is 2. The minimum absolute atomic E-state index is 0.0266. The normalized spacial score (nSPS) is 19.2. The van der Waals surface area contributed by atoms with Crippen LogP contribution in [0.1, 0.15) is 153 Å². The van der Waals surface area contributed by atoms with E-state index < -0.39 is 29.7 Å². The number of benzene rings is 1. The number of ketones is 3. The molecule has 4 aromatic rings. The first-order chi connectivity index (χ1) is 33.1. The number of imide groups is 2. The summed E-state index contributed by atoms with van der Waals surface area (Å²) in [6.45, 7) is 1.11. The lowest BCUT2D eigenvalue weighted by Crippen LogP contribution is -2.54. The number of carbonyl (C=O) groups excluding carboxylic acids is 7. The molecular formula is C52H61N7O9. The Hall–Kier alpha value is -6.42. The number of nitrogens with zero attached hydrogens (tertiary/aromatic N) is 4. The first-order valence-corrected chi connectivity index (χ1v) is 24.5. The smallest absolute Gasteiger partial charge is 0.266 e. The third kappa shape index (κ3) is 12.6. The van der Waals surface area contributed by atoms with Crippen LogP contribution in [-0.4, -0.2) is 92.7 Å². The number of amides is 4. The molecule has 68 heavy (non-hydrogen) atoms. The van der Waals surface area contributed by atoms with Gasteiger partial charge in [-0.15, -0.1) is 0 Å². The Morgan fingerprint density at radius 1 is 0.779 bits per heavy atom. The van der Waals surface area contributed by atoms with Gasteiger partial charge in [0.1, 0.15) is 35.8 Å². The summed E-state index contributed by atoms with van der Waals surface area (Å²) in [6.07, 6.45) is 19.5. The van der Waals surface area contributed by atoms with Crippen LogP contribution in [0.3, 0.4) is 0 Å². The monoisotopic (exact) mass is 927 g/mol. The van der Waals surface area contributed by atoms with Gasteiger partial charge < -0.3 is 20.1 Å². The second-order valence-corrected chi connectivity index (χ2v) is 18.6. The van der Waals surface area contributed by atoms with Crippen LogP contribution >= 0.6 is 0 Å². The van der Waals surface area contributed by atoms with E-state index in [9.17, 15) is 33.6 Å². The number of fused-ring (bicyclic) bond motifs is 2. The first-order valence-electron chi connectivity index (χ1n) is 24.5. The van der Waals surface area contributed by atoms with Crippen molar-refractivity contribution in [1.29, 1.82) is 0 Å². The van der Waals surface area contributed by atoms with Crippen molar-refractivity contribution in [2.24, 2.45) is 11.8 Å². The lowest BCUT2D eigenvalue weighted by Gasteiger charge is -2.27. The number of pyridine rings is 3. The van der Waals surface area contributed by atoms with Crippen LogP contribution in [0.4, 0.5) is 17.3 Å². The largest absolute Gasteiger partial charge is 0.485 e. The molecule has 4 amide bonds. The summed E-state index contributed by atoms with van der Waals surface area (Å²) >= 11 is 0. The first kappa shape index (κ1) is 48.1. The Morgan fingerprint density at radius 3 is 2.31 bits per heavy atom. The molecule has 0 spiro atoms. The van der Waals surface area contributed by atoms with Gasteiger partial charge in [0.2, 0.25) is 11.8 Å². The Labute approximate surface area is 396 Å². The van der Waals surface area contributed by atoms with E-state index in [0.717, 1.165) is 105 Å². The number of piperidine rings is 1. The van der Waals surface area contributed by atoms with Crippen molar-refractivity contribution in [1.82, 2.24) is 25.2 Å². The average molecular weight is 928 g/mol. The van der Waals surface area contributed by atoms with Gasteiger partial charge in [0, 0.05) is 80.9 Å². The van der Waals surface area contributed by atoms with Gasteiger partial charge in [0.05, 0.1) is 27.9 Å². The molecule has 4 aliphatic rings. The molecule has 2 aliphatic carbocycles. The molecule has 1 unspecified atom stereocenters. The molecule has 3 aromatic heterocycles. The van der Waals surface area contributed by atoms with Gasteiger partial charge >= 0.3 is 0 Å². The summed E-state index contributed by atoms with van der Waals surface area (Å²) in [4.78, 5) is 104. The molecule has 0 radical (unpaired) electrons. The summed E-state index contributed by atoms with van der Waals surface area (Å²) in [5, 5.41) is 9.96. The maximum Gasteiger partial charge on any atom is 0.266 e. The molecule has 2 saturated carbocycles. The van der Waals surface area contributed by atoms with Crippen LogP contribution in [0.2, 0.25) is 0 Å². The maximum atomic E-state index is 13.6. The fourth-order valence-corrected chi connectivity index (χ4v) is 9.42. The van der Waals surface area contributed by atoms with Crippen LogP contribution in [0.15, 0.2) is 61.1 Å². The fourth-order valence-electron chi connectivity index (χ4n) is 9.42. The molecule has 0 bridgehead atoms. The van der Waals surface area contributed by atoms with Crippen molar-refractivity contribution in [3.63, 3.8) is 0 Å². The molecule has 1 aromatic carbocycles. The van der Waals surface area contributed by atoms with Crippen molar-refractivity contribution >= 4 is 69.2 Å². The molecule has 5 heterocycles. The van der Waals surface area contributed by atoms with Gasteiger partial charge in [0.15, 0.2) is 11.6 Å². The van der Waals surface area contributed by atoms with E-state index in [4.69, 9.17) is 9.47 Å². The summed E-state index contributed by atoms with van der Waals surface area (Å²) in [6, 6.07) is 11.5.